The maximum atomic E-state index is 13.6. The molecule has 1 heterocycles. The van der Waals surface area contributed by atoms with E-state index in [2.05, 4.69) is 21.2 Å². The van der Waals surface area contributed by atoms with Gasteiger partial charge in [0.05, 0.1) is 0 Å². The van der Waals surface area contributed by atoms with Crippen molar-refractivity contribution in [2.24, 2.45) is 0 Å². The highest BCUT2D eigenvalue weighted by atomic mass is 79.9. The van der Waals surface area contributed by atoms with Crippen LogP contribution in [0.1, 0.15) is 27.9 Å². The number of nitrogens with two attached hydrogens (primary N) is 1. The summed E-state index contributed by atoms with van der Waals surface area (Å²) in [5.41, 5.74) is -3.19. The van der Waals surface area contributed by atoms with Crippen LogP contribution in [0.15, 0.2) is 42.7 Å². The van der Waals surface area contributed by atoms with Crippen LogP contribution in [0.3, 0.4) is 0 Å². The number of aromatic hydroxyl groups is 1. The molecule has 0 fully saturated rings. The van der Waals surface area contributed by atoms with Crippen LogP contribution in [0.4, 0.5) is 30.2 Å². The largest absolute Gasteiger partial charge is 0.502 e. The van der Waals surface area contributed by atoms with Gasteiger partial charge in [-0.25, -0.2) is 0 Å². The molecular formula is C20H18BrF3N3O5+. The summed E-state index contributed by atoms with van der Waals surface area (Å²) in [6.45, 7) is 1.47. The van der Waals surface area contributed by atoms with Gasteiger partial charge in [0.25, 0.3) is 16.8 Å². The molecule has 0 spiro atoms. The van der Waals surface area contributed by atoms with Crippen LogP contribution in [0.5, 0.6) is 5.75 Å². The minimum absolute atomic E-state index is 0.0223. The van der Waals surface area contributed by atoms with E-state index in [4.69, 9.17) is 4.42 Å². The number of hydrogen-bond acceptors (Lipinski definition) is 6. The van der Waals surface area contributed by atoms with Gasteiger partial charge in [-0.15, -0.1) is 0 Å². The van der Waals surface area contributed by atoms with Gasteiger partial charge in [0, 0.05) is 24.6 Å². The van der Waals surface area contributed by atoms with E-state index in [1.807, 2.05) is 0 Å². The molecular weight excluding hydrogens is 499 g/mol. The first-order valence-electron chi connectivity index (χ1n) is 9.13. The maximum Gasteiger partial charge on any atom is 0.415 e. The number of halogens is 4. The van der Waals surface area contributed by atoms with Gasteiger partial charge in [0.15, 0.2) is 23.2 Å². The summed E-state index contributed by atoms with van der Waals surface area (Å²) in [6, 6.07) is 2.88. The first-order valence-corrected chi connectivity index (χ1v) is 9.93. The molecule has 1 unspecified atom stereocenters. The minimum Gasteiger partial charge on any atom is -0.502 e. The fourth-order valence-electron chi connectivity index (χ4n) is 3.04. The van der Waals surface area contributed by atoms with Gasteiger partial charge in [-0.1, -0.05) is 0 Å². The van der Waals surface area contributed by atoms with Crippen molar-refractivity contribution in [2.45, 2.75) is 19.1 Å². The van der Waals surface area contributed by atoms with Crippen molar-refractivity contribution < 1.29 is 32.8 Å². The Morgan fingerprint density at radius 1 is 1.19 bits per heavy atom. The van der Waals surface area contributed by atoms with E-state index in [9.17, 15) is 32.7 Å². The molecule has 32 heavy (non-hydrogen) atoms. The Hall–Kier alpha value is -3.12. The number of anilines is 1. The number of phenolic OH excluding ortho intramolecular Hbond substituents is 1. The van der Waals surface area contributed by atoms with Crippen LogP contribution >= 0.6 is 15.9 Å². The molecule has 8 nitrogen and oxygen atoms in total. The number of furan rings is 1. The van der Waals surface area contributed by atoms with Crippen molar-refractivity contribution >= 4 is 38.9 Å². The van der Waals surface area contributed by atoms with E-state index < -0.39 is 46.2 Å². The Balaban J connectivity index is 1.99. The zero-order valence-corrected chi connectivity index (χ0v) is 18.6. The molecule has 0 aliphatic rings. The molecule has 0 bridgehead atoms. The van der Waals surface area contributed by atoms with E-state index in [1.165, 1.54) is 44.1 Å². The second-order valence-corrected chi connectivity index (χ2v) is 8.07. The fraction of sp³-hybridized carbons (Fsp3) is 0.250. The maximum absolute atomic E-state index is 13.6. The predicted octanol–water partition coefficient (Wildman–Crippen LogP) is 2.60. The number of nitrogens with zero attached hydrogens (tertiary/aromatic N) is 1. The number of quaternary nitrogens is 1. The lowest BCUT2D eigenvalue weighted by Gasteiger charge is -2.22. The highest BCUT2D eigenvalue weighted by Gasteiger charge is 2.45. The van der Waals surface area contributed by atoms with Crippen LogP contribution in [-0.4, -0.2) is 36.2 Å². The minimum atomic E-state index is -4.83. The van der Waals surface area contributed by atoms with Gasteiger partial charge < -0.3 is 19.7 Å². The molecule has 12 heteroatoms. The lowest BCUT2D eigenvalue weighted by atomic mass is 10.1. The first-order chi connectivity index (χ1) is 14.8. The van der Waals surface area contributed by atoms with Crippen molar-refractivity contribution in [2.75, 3.05) is 19.4 Å². The predicted molar refractivity (Wildman–Crippen MR) is 112 cm³/mol. The first kappa shape index (κ1) is 23.5. The monoisotopic (exact) mass is 516 g/mol. The second-order valence-electron chi connectivity index (χ2n) is 7.22. The van der Waals surface area contributed by atoms with Crippen molar-refractivity contribution in [3.8, 4) is 5.75 Å². The van der Waals surface area contributed by atoms with E-state index >= 15 is 0 Å². The van der Waals surface area contributed by atoms with E-state index in [0.29, 0.717) is 0 Å². The molecule has 1 aromatic heterocycles. The molecule has 0 aliphatic heterocycles. The average molecular weight is 517 g/mol. The highest BCUT2D eigenvalue weighted by molar-refractivity contribution is 9.10. The fourth-order valence-corrected chi connectivity index (χ4v) is 3.53. The number of rotatable bonds is 6. The van der Waals surface area contributed by atoms with Crippen LogP contribution < -0.4 is 21.5 Å². The lowest BCUT2D eigenvalue weighted by molar-refractivity contribution is -0.480. The smallest absolute Gasteiger partial charge is 0.415 e. The Morgan fingerprint density at radius 3 is 2.38 bits per heavy atom. The highest BCUT2D eigenvalue weighted by Crippen LogP contribution is 2.37. The summed E-state index contributed by atoms with van der Waals surface area (Å²) in [4.78, 5) is 37.7. The number of phenols is 1. The molecule has 2 aromatic carbocycles. The molecule has 0 saturated carbocycles. The standard InChI is InChI=1S/C20H17BrF3N3O5/c1-8-4-7-11(32-8)18(20(22,23)24)26-14-13(16(29)17(14)30)25-10-6-5-9(21)12(15(10)28)19(31)27(2)3/h4-7,18,25-26,28H,1-3H3/p+1. The zero-order valence-electron chi connectivity index (χ0n) is 17.0. The number of carbonyl (C=O) groups excluding carboxylic acids is 1. The average Bonchev–Trinajstić information content (AvgIpc) is 3.12. The number of aryl methyl sites for hydroxylation is 1. The van der Waals surface area contributed by atoms with Crippen LogP contribution in [0.2, 0.25) is 0 Å². The van der Waals surface area contributed by atoms with Crippen molar-refractivity contribution in [1.82, 2.24) is 4.90 Å². The van der Waals surface area contributed by atoms with Gasteiger partial charge >= 0.3 is 6.18 Å². The summed E-state index contributed by atoms with van der Waals surface area (Å²) in [6.07, 6.45) is -4.83. The third-order valence-electron chi connectivity index (χ3n) is 4.69. The summed E-state index contributed by atoms with van der Waals surface area (Å²) in [5.74, 6) is -1.27. The summed E-state index contributed by atoms with van der Waals surface area (Å²) >= 11 is 3.16. The van der Waals surface area contributed by atoms with Crippen molar-refractivity contribution in [1.29, 1.82) is 0 Å². The summed E-state index contributed by atoms with van der Waals surface area (Å²) < 4.78 is 46.1. The van der Waals surface area contributed by atoms with Gasteiger partial charge in [-0.2, -0.15) is 13.2 Å². The van der Waals surface area contributed by atoms with Crippen LogP contribution in [-0.2, 0) is 0 Å². The lowest BCUT2D eigenvalue weighted by Crippen LogP contribution is -2.76. The van der Waals surface area contributed by atoms with Crippen molar-refractivity contribution in [3.63, 3.8) is 0 Å². The third-order valence-corrected chi connectivity index (χ3v) is 5.35. The molecule has 3 rings (SSSR count). The SMILES string of the molecule is Cc1ccc(C(Nc2c([NH2+]c3ccc(Br)c(C(=O)N(C)C)c3O)c(=O)c2=O)C(F)(F)F)o1. The van der Waals surface area contributed by atoms with Gasteiger partial charge in [-0.3, -0.25) is 19.7 Å². The van der Waals surface area contributed by atoms with Gasteiger partial charge in [-0.05, 0) is 41.1 Å². The summed E-state index contributed by atoms with van der Waals surface area (Å²) in [5, 5.41) is 13.7. The van der Waals surface area contributed by atoms with Crippen LogP contribution in [0.25, 0.3) is 0 Å². The molecule has 0 saturated heterocycles. The van der Waals surface area contributed by atoms with Gasteiger partial charge in [0.2, 0.25) is 5.69 Å². The van der Waals surface area contributed by atoms with Crippen molar-refractivity contribution in [3.05, 3.63) is 66.3 Å². The normalized spacial score (nSPS) is 12.7. The van der Waals surface area contributed by atoms with Gasteiger partial charge in [0.1, 0.15) is 17.1 Å². The molecule has 1 atom stereocenters. The topological polar surface area (TPSA) is 116 Å². The number of benzene rings is 1. The number of carbonyl (C=O) groups is 1. The van der Waals surface area contributed by atoms with E-state index in [-0.39, 0.29) is 27.2 Å². The molecule has 3 aromatic rings. The Kier molecular flexibility index (Phi) is 6.20. The number of alkyl halides is 3. The zero-order chi connectivity index (χ0) is 24.0. The number of amides is 1. The number of hydrogen-bond donors (Lipinski definition) is 3. The molecule has 170 valence electrons. The second kappa shape index (κ2) is 8.43. The molecule has 4 N–H and O–H groups in total. The Labute approximate surface area is 187 Å². The van der Waals surface area contributed by atoms with E-state index in [1.54, 1.807) is 0 Å². The van der Waals surface area contributed by atoms with E-state index in [0.717, 1.165) is 11.4 Å². The number of nitrogens with one attached hydrogen (secondary N) is 1. The molecule has 0 aliphatic carbocycles. The van der Waals surface area contributed by atoms with Crippen LogP contribution in [0, 0.1) is 6.92 Å². The Bertz CT molecular complexity index is 1260. The molecule has 1 amide bonds. The third kappa shape index (κ3) is 4.28. The Morgan fingerprint density at radius 2 is 1.84 bits per heavy atom. The molecule has 0 radical (unpaired) electrons. The quantitative estimate of drug-likeness (QED) is 0.263. The summed E-state index contributed by atoms with van der Waals surface area (Å²) in [7, 11) is 2.94.